The van der Waals surface area contributed by atoms with Crippen molar-refractivity contribution in [2.75, 3.05) is 10.6 Å². The van der Waals surface area contributed by atoms with Crippen molar-refractivity contribution in [2.24, 2.45) is 17.4 Å². The number of aromatic nitrogens is 2. The molecule has 0 radical (unpaired) electrons. The van der Waals surface area contributed by atoms with Crippen LogP contribution in [0.25, 0.3) is 10.2 Å². The maximum atomic E-state index is 14.5. The Kier molecular flexibility index (Phi) is 5.92. The van der Waals surface area contributed by atoms with Crippen LogP contribution in [0.5, 0.6) is 0 Å². The molecule has 3 rings (SSSR count). The molecule has 0 saturated carbocycles. The fourth-order valence-electron chi connectivity index (χ4n) is 2.83. The molecule has 0 fully saturated rings. The Hall–Kier alpha value is -3.27. The Morgan fingerprint density at radius 3 is 2.62 bits per heavy atom. The van der Waals surface area contributed by atoms with Gasteiger partial charge in [-0.2, -0.15) is 0 Å². The number of fused-ring (bicyclic) bond motifs is 1. The summed E-state index contributed by atoms with van der Waals surface area (Å²) in [7, 11) is 0. The van der Waals surface area contributed by atoms with Crippen molar-refractivity contribution in [3.63, 3.8) is 0 Å². The third kappa shape index (κ3) is 4.77. The largest absolute Gasteiger partial charge is 0.368 e. The summed E-state index contributed by atoms with van der Waals surface area (Å²) in [6.07, 6.45) is 0.402. The van der Waals surface area contributed by atoms with E-state index >= 15 is 0 Å². The van der Waals surface area contributed by atoms with Gasteiger partial charge in [-0.15, -0.1) is 11.3 Å². The van der Waals surface area contributed by atoms with Crippen LogP contribution in [0.1, 0.15) is 30.6 Å². The van der Waals surface area contributed by atoms with Crippen LogP contribution in [0.2, 0.25) is 0 Å². The number of carbonyl (C=O) groups is 2. The normalized spacial score (nSPS) is 12.1. The minimum absolute atomic E-state index is 0.0676. The van der Waals surface area contributed by atoms with Crippen molar-refractivity contribution in [1.82, 2.24) is 9.97 Å². The van der Waals surface area contributed by atoms with Crippen molar-refractivity contribution >= 4 is 50.7 Å². The summed E-state index contributed by atoms with van der Waals surface area (Å²) in [6.45, 7) is 3.83. The average molecular weight is 416 g/mol. The maximum absolute atomic E-state index is 14.5. The number of nitrogens with zero attached hydrogens (tertiary/aromatic N) is 2. The van der Waals surface area contributed by atoms with Gasteiger partial charge in [0.05, 0.1) is 21.3 Å². The zero-order valence-electron chi connectivity index (χ0n) is 15.9. The van der Waals surface area contributed by atoms with E-state index in [4.69, 9.17) is 11.5 Å². The number of anilines is 3. The summed E-state index contributed by atoms with van der Waals surface area (Å²) in [4.78, 5) is 31.9. The van der Waals surface area contributed by atoms with E-state index in [0.29, 0.717) is 12.1 Å². The second-order valence-corrected chi connectivity index (χ2v) is 7.85. The standard InChI is InChI=1S/C19H21FN6O2S/c1-9(2)5-14(17(22)28)25-19-12(20)7-11(16(21)27)18(26-19)24-10-3-4-13-15(6-10)29-8-23-13/h3-4,6-9,14H,5H2,1-2H3,(H2,21,27)(H2,22,28)(H2,24,25,26)/t14-/m1/s1. The van der Waals surface area contributed by atoms with Crippen molar-refractivity contribution in [3.8, 4) is 0 Å². The topological polar surface area (TPSA) is 136 Å². The molecule has 10 heteroatoms. The van der Waals surface area contributed by atoms with Crippen LogP contribution >= 0.6 is 11.3 Å². The number of halogens is 1. The molecule has 8 nitrogen and oxygen atoms in total. The lowest BCUT2D eigenvalue weighted by Crippen LogP contribution is -2.37. The van der Waals surface area contributed by atoms with E-state index in [1.54, 1.807) is 11.6 Å². The van der Waals surface area contributed by atoms with E-state index in [9.17, 15) is 14.0 Å². The highest BCUT2D eigenvalue weighted by molar-refractivity contribution is 7.16. The van der Waals surface area contributed by atoms with Gasteiger partial charge in [0.25, 0.3) is 5.91 Å². The van der Waals surface area contributed by atoms with Crippen molar-refractivity contribution in [3.05, 3.63) is 41.2 Å². The monoisotopic (exact) mass is 416 g/mol. The molecule has 0 aliphatic carbocycles. The van der Waals surface area contributed by atoms with Gasteiger partial charge >= 0.3 is 0 Å². The Balaban J connectivity index is 1.96. The number of rotatable bonds is 8. The second-order valence-electron chi connectivity index (χ2n) is 6.97. The molecule has 6 N–H and O–H groups in total. The summed E-state index contributed by atoms with van der Waals surface area (Å²) < 4.78 is 15.5. The fourth-order valence-corrected chi connectivity index (χ4v) is 3.54. The number of amides is 2. The van der Waals surface area contributed by atoms with Crippen LogP contribution in [0, 0.1) is 11.7 Å². The Labute approximate surface area is 170 Å². The number of hydrogen-bond donors (Lipinski definition) is 4. The molecule has 3 aromatic rings. The number of thiazole rings is 1. The minimum atomic E-state index is -0.835. The average Bonchev–Trinajstić information content (AvgIpc) is 3.10. The molecule has 2 heterocycles. The van der Waals surface area contributed by atoms with Crippen LogP contribution in [0.3, 0.4) is 0 Å². The van der Waals surface area contributed by atoms with Crippen molar-refractivity contribution < 1.29 is 14.0 Å². The maximum Gasteiger partial charge on any atom is 0.252 e. The Bertz CT molecular complexity index is 1070. The summed E-state index contributed by atoms with van der Waals surface area (Å²) >= 11 is 1.46. The molecule has 0 aliphatic heterocycles. The minimum Gasteiger partial charge on any atom is -0.368 e. The third-order valence-corrected chi connectivity index (χ3v) is 4.99. The van der Waals surface area contributed by atoms with Crippen LogP contribution in [-0.2, 0) is 4.79 Å². The van der Waals surface area contributed by atoms with E-state index in [1.807, 2.05) is 26.0 Å². The van der Waals surface area contributed by atoms with Gasteiger partial charge in [0.2, 0.25) is 5.91 Å². The lowest BCUT2D eigenvalue weighted by Gasteiger charge is -2.19. The van der Waals surface area contributed by atoms with Gasteiger partial charge in [-0.3, -0.25) is 9.59 Å². The first-order valence-electron chi connectivity index (χ1n) is 8.91. The Morgan fingerprint density at radius 1 is 1.21 bits per heavy atom. The predicted octanol–water partition coefficient (Wildman–Crippen LogP) is 2.98. The summed E-state index contributed by atoms with van der Waals surface area (Å²) in [5.41, 5.74) is 13.9. The molecule has 1 aromatic carbocycles. The third-order valence-electron chi connectivity index (χ3n) is 4.20. The number of nitrogens with two attached hydrogens (primary N) is 2. The number of primary amides is 2. The molecule has 2 aromatic heterocycles. The first-order valence-corrected chi connectivity index (χ1v) is 9.79. The summed E-state index contributed by atoms with van der Waals surface area (Å²) in [5, 5.41) is 5.73. The summed E-state index contributed by atoms with van der Waals surface area (Å²) in [6, 6.07) is 5.58. The fraction of sp³-hybridized carbons (Fsp3) is 0.263. The lowest BCUT2D eigenvalue weighted by molar-refractivity contribution is -0.119. The van der Waals surface area contributed by atoms with Crippen LogP contribution in [-0.4, -0.2) is 27.8 Å². The molecule has 0 spiro atoms. The quantitative estimate of drug-likeness (QED) is 0.446. The van der Waals surface area contributed by atoms with Gasteiger partial charge in [0.15, 0.2) is 11.6 Å². The number of benzene rings is 1. The smallest absolute Gasteiger partial charge is 0.252 e. The van der Waals surface area contributed by atoms with Gasteiger partial charge in [0, 0.05) is 5.69 Å². The van der Waals surface area contributed by atoms with Crippen LogP contribution < -0.4 is 22.1 Å². The Morgan fingerprint density at radius 2 is 1.97 bits per heavy atom. The number of nitrogens with one attached hydrogen (secondary N) is 2. The van der Waals surface area contributed by atoms with Gasteiger partial charge in [-0.1, -0.05) is 13.8 Å². The van der Waals surface area contributed by atoms with Gasteiger partial charge < -0.3 is 22.1 Å². The molecule has 0 bridgehead atoms. The first-order chi connectivity index (χ1) is 13.7. The SMILES string of the molecule is CC(C)C[C@@H](Nc1nc(Nc2ccc3ncsc3c2)c(C(N)=O)cc1F)C(N)=O. The lowest BCUT2D eigenvalue weighted by atomic mass is 10.0. The van der Waals surface area contributed by atoms with E-state index in [0.717, 1.165) is 16.3 Å². The molecule has 0 aliphatic rings. The van der Waals surface area contributed by atoms with Crippen molar-refractivity contribution in [1.29, 1.82) is 0 Å². The van der Waals surface area contributed by atoms with Crippen molar-refractivity contribution in [2.45, 2.75) is 26.3 Å². The van der Waals surface area contributed by atoms with Gasteiger partial charge in [0.1, 0.15) is 11.9 Å². The highest BCUT2D eigenvalue weighted by Crippen LogP contribution is 2.27. The predicted molar refractivity (Wildman–Crippen MR) is 112 cm³/mol. The number of carbonyl (C=O) groups excluding carboxylic acids is 2. The zero-order valence-corrected chi connectivity index (χ0v) is 16.7. The van der Waals surface area contributed by atoms with E-state index < -0.39 is 23.7 Å². The molecule has 152 valence electrons. The summed E-state index contributed by atoms with van der Waals surface area (Å²) in [5.74, 6) is -2.24. The van der Waals surface area contributed by atoms with Crippen LogP contribution in [0.15, 0.2) is 29.8 Å². The molecule has 0 unspecified atom stereocenters. The van der Waals surface area contributed by atoms with Gasteiger partial charge in [-0.25, -0.2) is 14.4 Å². The molecule has 29 heavy (non-hydrogen) atoms. The zero-order chi connectivity index (χ0) is 21.1. The van der Waals surface area contributed by atoms with E-state index in [2.05, 4.69) is 20.6 Å². The molecule has 2 amide bonds. The van der Waals surface area contributed by atoms with E-state index in [1.165, 1.54) is 11.3 Å². The first kappa shape index (κ1) is 20.5. The second kappa shape index (κ2) is 8.39. The van der Waals surface area contributed by atoms with Gasteiger partial charge in [-0.05, 0) is 36.6 Å². The number of pyridine rings is 1. The molecular weight excluding hydrogens is 395 g/mol. The molecular formula is C19H21FN6O2S. The highest BCUT2D eigenvalue weighted by atomic mass is 32.1. The number of hydrogen-bond acceptors (Lipinski definition) is 7. The highest BCUT2D eigenvalue weighted by Gasteiger charge is 2.22. The molecule has 1 atom stereocenters. The molecule has 0 saturated heterocycles. The van der Waals surface area contributed by atoms with Crippen LogP contribution in [0.4, 0.5) is 21.7 Å². The van der Waals surface area contributed by atoms with E-state index in [-0.39, 0.29) is 23.1 Å².